The maximum absolute atomic E-state index is 4.32. The molecular formula is C14H18BrN3. The highest BCUT2D eigenvalue weighted by atomic mass is 79.9. The van der Waals surface area contributed by atoms with E-state index < -0.39 is 0 Å². The number of halogens is 1. The summed E-state index contributed by atoms with van der Waals surface area (Å²) in [5.41, 5.74) is 3.60. The summed E-state index contributed by atoms with van der Waals surface area (Å²) in [5.74, 6) is 0. The minimum atomic E-state index is 0.807. The van der Waals surface area contributed by atoms with Crippen molar-refractivity contribution in [2.24, 2.45) is 0 Å². The van der Waals surface area contributed by atoms with Gasteiger partial charge in [-0.25, -0.2) is 0 Å². The summed E-state index contributed by atoms with van der Waals surface area (Å²) >= 11 is 3.51. The quantitative estimate of drug-likeness (QED) is 0.905. The van der Waals surface area contributed by atoms with Gasteiger partial charge in [0.1, 0.15) is 0 Å². The summed E-state index contributed by atoms with van der Waals surface area (Å²) in [7, 11) is 0. The van der Waals surface area contributed by atoms with Crippen LogP contribution in [0.4, 0.5) is 5.69 Å². The molecule has 1 N–H and O–H groups in total. The summed E-state index contributed by atoms with van der Waals surface area (Å²) in [6.45, 7) is 6.04. The summed E-state index contributed by atoms with van der Waals surface area (Å²) in [6, 6.07) is 8.36. The van der Waals surface area contributed by atoms with Crippen LogP contribution < -0.4 is 5.32 Å². The van der Waals surface area contributed by atoms with Gasteiger partial charge in [0.15, 0.2) is 0 Å². The standard InChI is InChI=1S/C14H18BrN3/c1-3-8-18-13(6-7-17-18)10-16-12-4-5-14(15)11(2)9-12/h4-7,9,16H,3,8,10H2,1-2H3. The molecule has 2 rings (SSSR count). The molecule has 0 saturated carbocycles. The maximum atomic E-state index is 4.32. The predicted molar refractivity (Wildman–Crippen MR) is 78.7 cm³/mol. The average Bonchev–Trinajstić information content (AvgIpc) is 2.79. The number of benzene rings is 1. The Hall–Kier alpha value is -1.29. The molecule has 18 heavy (non-hydrogen) atoms. The van der Waals surface area contributed by atoms with Gasteiger partial charge in [-0.2, -0.15) is 5.10 Å². The van der Waals surface area contributed by atoms with Crippen LogP contribution in [0.5, 0.6) is 0 Å². The molecule has 4 heteroatoms. The summed E-state index contributed by atoms with van der Waals surface area (Å²) < 4.78 is 3.20. The molecule has 0 unspecified atom stereocenters. The van der Waals surface area contributed by atoms with Gasteiger partial charge >= 0.3 is 0 Å². The zero-order valence-corrected chi connectivity index (χ0v) is 12.4. The molecule has 1 aromatic carbocycles. The number of aryl methyl sites for hydroxylation is 2. The van der Waals surface area contributed by atoms with Crippen molar-refractivity contribution in [3.8, 4) is 0 Å². The molecule has 0 amide bonds. The molecule has 0 aliphatic rings. The number of hydrogen-bond acceptors (Lipinski definition) is 2. The third kappa shape index (κ3) is 3.13. The summed E-state index contributed by atoms with van der Waals surface area (Å²) in [4.78, 5) is 0. The molecule has 1 heterocycles. The van der Waals surface area contributed by atoms with E-state index in [2.05, 4.69) is 69.1 Å². The van der Waals surface area contributed by atoms with E-state index in [1.165, 1.54) is 11.3 Å². The number of hydrogen-bond donors (Lipinski definition) is 1. The molecular weight excluding hydrogens is 290 g/mol. The first-order valence-electron chi connectivity index (χ1n) is 6.21. The molecule has 0 aliphatic carbocycles. The Labute approximate surface area is 116 Å². The topological polar surface area (TPSA) is 29.9 Å². The molecule has 0 saturated heterocycles. The normalized spacial score (nSPS) is 10.6. The van der Waals surface area contributed by atoms with Crippen LogP contribution in [0.15, 0.2) is 34.9 Å². The zero-order chi connectivity index (χ0) is 13.0. The van der Waals surface area contributed by atoms with Crippen molar-refractivity contribution in [2.75, 3.05) is 5.32 Å². The number of nitrogens with one attached hydrogen (secondary N) is 1. The number of rotatable bonds is 5. The number of aromatic nitrogens is 2. The molecule has 0 radical (unpaired) electrons. The Bertz CT molecular complexity index is 520. The Balaban J connectivity index is 2.02. The van der Waals surface area contributed by atoms with Gasteiger partial charge in [0.2, 0.25) is 0 Å². The fraction of sp³-hybridized carbons (Fsp3) is 0.357. The minimum absolute atomic E-state index is 0.807. The lowest BCUT2D eigenvalue weighted by molar-refractivity contribution is 0.578. The number of nitrogens with zero attached hydrogens (tertiary/aromatic N) is 2. The van der Waals surface area contributed by atoms with Crippen molar-refractivity contribution in [2.45, 2.75) is 33.4 Å². The molecule has 3 nitrogen and oxygen atoms in total. The second-order valence-corrected chi connectivity index (χ2v) is 5.22. The second kappa shape index (κ2) is 6.05. The van der Waals surface area contributed by atoms with Crippen molar-refractivity contribution in [3.05, 3.63) is 46.2 Å². The largest absolute Gasteiger partial charge is 0.379 e. The third-order valence-electron chi connectivity index (χ3n) is 2.87. The van der Waals surface area contributed by atoms with Crippen molar-refractivity contribution >= 4 is 21.6 Å². The van der Waals surface area contributed by atoms with Crippen LogP contribution in [0.2, 0.25) is 0 Å². The van der Waals surface area contributed by atoms with Crippen molar-refractivity contribution in [1.82, 2.24) is 9.78 Å². The van der Waals surface area contributed by atoms with Gasteiger partial charge in [-0.05, 0) is 43.2 Å². The van der Waals surface area contributed by atoms with E-state index in [1.54, 1.807) is 0 Å². The summed E-state index contributed by atoms with van der Waals surface area (Å²) in [5, 5.41) is 7.75. The van der Waals surface area contributed by atoms with Gasteiger partial charge in [0.05, 0.1) is 12.2 Å². The fourth-order valence-electron chi connectivity index (χ4n) is 1.87. The first-order valence-corrected chi connectivity index (χ1v) is 7.00. The van der Waals surface area contributed by atoms with Gasteiger partial charge in [0, 0.05) is 22.9 Å². The molecule has 0 bridgehead atoms. The van der Waals surface area contributed by atoms with Gasteiger partial charge in [0.25, 0.3) is 0 Å². The lowest BCUT2D eigenvalue weighted by Crippen LogP contribution is -2.08. The van der Waals surface area contributed by atoms with E-state index in [9.17, 15) is 0 Å². The van der Waals surface area contributed by atoms with E-state index in [0.29, 0.717) is 0 Å². The van der Waals surface area contributed by atoms with Gasteiger partial charge < -0.3 is 5.32 Å². The zero-order valence-electron chi connectivity index (χ0n) is 10.8. The lowest BCUT2D eigenvalue weighted by atomic mass is 10.2. The van der Waals surface area contributed by atoms with E-state index in [0.717, 1.165) is 29.7 Å². The van der Waals surface area contributed by atoms with E-state index in [4.69, 9.17) is 0 Å². The van der Waals surface area contributed by atoms with Crippen LogP contribution >= 0.6 is 15.9 Å². The van der Waals surface area contributed by atoms with Crippen LogP contribution in [0.3, 0.4) is 0 Å². The third-order valence-corrected chi connectivity index (χ3v) is 3.76. The number of anilines is 1. The van der Waals surface area contributed by atoms with Crippen molar-refractivity contribution < 1.29 is 0 Å². The van der Waals surface area contributed by atoms with Crippen LogP contribution in [-0.4, -0.2) is 9.78 Å². The van der Waals surface area contributed by atoms with Crippen LogP contribution in [0.1, 0.15) is 24.6 Å². The summed E-state index contributed by atoms with van der Waals surface area (Å²) in [6.07, 6.45) is 2.96. The second-order valence-electron chi connectivity index (χ2n) is 4.36. The van der Waals surface area contributed by atoms with Crippen LogP contribution in [-0.2, 0) is 13.1 Å². The molecule has 1 aromatic heterocycles. The van der Waals surface area contributed by atoms with Crippen LogP contribution in [0, 0.1) is 6.92 Å². The fourth-order valence-corrected chi connectivity index (χ4v) is 2.12. The highest BCUT2D eigenvalue weighted by Crippen LogP contribution is 2.20. The SMILES string of the molecule is CCCn1nccc1CNc1ccc(Br)c(C)c1. The van der Waals surface area contributed by atoms with Gasteiger partial charge in [-0.15, -0.1) is 0 Å². The first kappa shape index (κ1) is 13.1. The monoisotopic (exact) mass is 307 g/mol. The molecule has 2 aromatic rings. The van der Waals surface area contributed by atoms with Crippen LogP contribution in [0.25, 0.3) is 0 Å². The highest BCUT2D eigenvalue weighted by molar-refractivity contribution is 9.10. The predicted octanol–water partition coefficient (Wildman–Crippen LogP) is 3.98. The Kier molecular flexibility index (Phi) is 4.42. The Morgan fingerprint density at radius 3 is 2.89 bits per heavy atom. The lowest BCUT2D eigenvalue weighted by Gasteiger charge is -2.10. The Morgan fingerprint density at radius 2 is 2.17 bits per heavy atom. The molecule has 0 aliphatic heterocycles. The molecule has 0 spiro atoms. The average molecular weight is 308 g/mol. The van der Waals surface area contributed by atoms with Gasteiger partial charge in [-0.3, -0.25) is 4.68 Å². The van der Waals surface area contributed by atoms with E-state index in [1.807, 2.05) is 6.20 Å². The molecule has 96 valence electrons. The first-order chi connectivity index (χ1) is 8.70. The van der Waals surface area contributed by atoms with Gasteiger partial charge in [-0.1, -0.05) is 22.9 Å². The minimum Gasteiger partial charge on any atom is -0.379 e. The van der Waals surface area contributed by atoms with Crippen molar-refractivity contribution in [3.63, 3.8) is 0 Å². The van der Waals surface area contributed by atoms with E-state index in [-0.39, 0.29) is 0 Å². The molecule has 0 atom stereocenters. The highest BCUT2D eigenvalue weighted by Gasteiger charge is 2.02. The smallest absolute Gasteiger partial charge is 0.0575 e. The van der Waals surface area contributed by atoms with Crippen molar-refractivity contribution in [1.29, 1.82) is 0 Å². The molecule has 0 fully saturated rings. The maximum Gasteiger partial charge on any atom is 0.0575 e. The van der Waals surface area contributed by atoms with E-state index >= 15 is 0 Å². The Morgan fingerprint density at radius 1 is 1.33 bits per heavy atom.